The van der Waals surface area contributed by atoms with Crippen LogP contribution in [0.5, 0.6) is 0 Å². The first-order valence-electron chi connectivity index (χ1n) is 6.60. The number of hydrogen-bond donors (Lipinski definition) is 1. The Morgan fingerprint density at radius 1 is 1.40 bits per heavy atom. The van der Waals surface area contributed by atoms with E-state index in [1.807, 2.05) is 20.0 Å². The molecule has 104 valence electrons. The number of nitrogens with one attached hydrogen (secondary N) is 1. The van der Waals surface area contributed by atoms with Crippen molar-refractivity contribution in [3.05, 3.63) is 41.1 Å². The van der Waals surface area contributed by atoms with Crippen LogP contribution in [0.3, 0.4) is 0 Å². The molecule has 2 aromatic rings. The highest BCUT2D eigenvalue weighted by molar-refractivity contribution is 8.01. The van der Waals surface area contributed by atoms with Gasteiger partial charge in [0, 0.05) is 18.0 Å². The van der Waals surface area contributed by atoms with Gasteiger partial charge in [-0.15, -0.1) is 11.8 Å². The van der Waals surface area contributed by atoms with Crippen molar-refractivity contribution in [2.75, 3.05) is 5.32 Å². The number of hydrogen-bond acceptors (Lipinski definition) is 3. The molecular weight excluding hydrogens is 270 g/mol. The quantitative estimate of drug-likeness (QED) is 0.924. The molecule has 0 spiro atoms. The van der Waals surface area contributed by atoms with Crippen molar-refractivity contribution >= 4 is 23.5 Å². The maximum atomic E-state index is 12.4. The van der Waals surface area contributed by atoms with E-state index in [1.54, 1.807) is 16.4 Å². The number of fused-ring (bicyclic) bond motifs is 1. The Hall–Kier alpha value is -1.75. The molecule has 0 fully saturated rings. The smallest absolute Gasteiger partial charge is 0.239 e. The summed E-state index contributed by atoms with van der Waals surface area (Å²) in [4.78, 5) is 13.6. The van der Waals surface area contributed by atoms with E-state index < -0.39 is 0 Å². The van der Waals surface area contributed by atoms with Crippen molar-refractivity contribution in [2.24, 2.45) is 7.05 Å². The summed E-state index contributed by atoms with van der Waals surface area (Å²) in [5.74, 6) is 0.798. The average molecular weight is 287 g/mol. The number of aromatic nitrogens is 2. The van der Waals surface area contributed by atoms with Gasteiger partial charge in [0.1, 0.15) is 5.82 Å². The van der Waals surface area contributed by atoms with Crippen LogP contribution >= 0.6 is 11.8 Å². The van der Waals surface area contributed by atoms with Gasteiger partial charge in [-0.05, 0) is 31.9 Å². The minimum Gasteiger partial charge on any atom is -0.310 e. The zero-order valence-electron chi connectivity index (χ0n) is 11.8. The van der Waals surface area contributed by atoms with Gasteiger partial charge in [-0.3, -0.25) is 9.48 Å². The summed E-state index contributed by atoms with van der Waals surface area (Å²) in [6.45, 7) is 3.99. The van der Waals surface area contributed by atoms with Crippen LogP contribution in [-0.4, -0.2) is 20.9 Å². The molecule has 1 aliphatic heterocycles. The summed E-state index contributed by atoms with van der Waals surface area (Å²) in [6.07, 6.45) is 0.795. The van der Waals surface area contributed by atoms with Gasteiger partial charge in [-0.2, -0.15) is 5.10 Å². The van der Waals surface area contributed by atoms with Crippen molar-refractivity contribution in [3.63, 3.8) is 0 Å². The zero-order chi connectivity index (χ0) is 14.3. The van der Waals surface area contributed by atoms with Crippen LogP contribution in [0.2, 0.25) is 0 Å². The summed E-state index contributed by atoms with van der Waals surface area (Å²) in [6, 6.07) is 8.26. The Kier molecular flexibility index (Phi) is 3.30. The molecule has 1 aromatic heterocycles. The lowest BCUT2D eigenvalue weighted by atomic mass is 10.1. The summed E-state index contributed by atoms with van der Waals surface area (Å²) in [5.41, 5.74) is 3.40. The molecular formula is C15H17N3OS. The number of thioether (sulfide) groups is 1. The van der Waals surface area contributed by atoms with Crippen LogP contribution in [0, 0.1) is 13.8 Å². The van der Waals surface area contributed by atoms with Crippen LogP contribution in [0.25, 0.3) is 0 Å². The topological polar surface area (TPSA) is 46.9 Å². The fourth-order valence-corrected chi connectivity index (χ4v) is 3.71. The third-order valence-corrected chi connectivity index (χ3v) is 4.74. The lowest BCUT2D eigenvalue weighted by Crippen LogP contribution is -2.25. The Balaban J connectivity index is 1.73. The van der Waals surface area contributed by atoms with Crippen LogP contribution < -0.4 is 5.32 Å². The Bertz CT molecular complexity index is 678. The van der Waals surface area contributed by atoms with E-state index in [0.717, 1.165) is 17.9 Å². The van der Waals surface area contributed by atoms with E-state index in [9.17, 15) is 4.79 Å². The first-order valence-corrected chi connectivity index (χ1v) is 7.48. The predicted octanol–water partition coefficient (Wildman–Crippen LogP) is 2.69. The highest BCUT2D eigenvalue weighted by Crippen LogP contribution is 2.38. The first kappa shape index (κ1) is 13.2. The SMILES string of the molecule is Cc1ccc2c(c1)S[C@H](C(=O)Nc1cc(C)nn1C)C2. The molecule has 0 radical (unpaired) electrons. The molecule has 0 saturated heterocycles. The minimum atomic E-state index is -0.0537. The van der Waals surface area contributed by atoms with Crippen molar-refractivity contribution in [3.8, 4) is 0 Å². The third-order valence-electron chi connectivity index (χ3n) is 3.44. The summed E-state index contributed by atoms with van der Waals surface area (Å²) >= 11 is 1.65. The molecule has 1 N–H and O–H groups in total. The maximum Gasteiger partial charge on any atom is 0.239 e. The number of carbonyl (C=O) groups excluding carboxylic acids is 1. The van der Waals surface area contributed by atoms with Crippen molar-refractivity contribution in [2.45, 2.75) is 30.4 Å². The zero-order valence-corrected chi connectivity index (χ0v) is 12.6. The molecule has 0 unspecified atom stereocenters. The van der Waals surface area contributed by atoms with E-state index in [4.69, 9.17) is 0 Å². The van der Waals surface area contributed by atoms with Crippen LogP contribution in [-0.2, 0) is 18.3 Å². The normalized spacial score (nSPS) is 17.1. The van der Waals surface area contributed by atoms with Gasteiger partial charge in [0.25, 0.3) is 0 Å². The molecule has 4 nitrogen and oxygen atoms in total. The van der Waals surface area contributed by atoms with E-state index in [2.05, 4.69) is 35.5 Å². The van der Waals surface area contributed by atoms with Gasteiger partial charge >= 0.3 is 0 Å². The second-order valence-corrected chi connectivity index (χ2v) is 6.45. The lowest BCUT2D eigenvalue weighted by Gasteiger charge is -2.09. The van der Waals surface area contributed by atoms with Crippen molar-refractivity contribution < 1.29 is 4.79 Å². The molecule has 5 heteroatoms. The van der Waals surface area contributed by atoms with Crippen LogP contribution in [0.4, 0.5) is 5.82 Å². The predicted molar refractivity (Wildman–Crippen MR) is 81.1 cm³/mol. The van der Waals surface area contributed by atoms with Crippen LogP contribution in [0.1, 0.15) is 16.8 Å². The second-order valence-electron chi connectivity index (χ2n) is 5.21. The molecule has 3 rings (SSSR count). The molecule has 0 aliphatic carbocycles. The monoisotopic (exact) mass is 287 g/mol. The van der Waals surface area contributed by atoms with Gasteiger partial charge in [0.2, 0.25) is 5.91 Å². The lowest BCUT2D eigenvalue weighted by molar-refractivity contribution is -0.115. The maximum absolute atomic E-state index is 12.4. The Labute approximate surface area is 122 Å². The van der Waals surface area contributed by atoms with E-state index >= 15 is 0 Å². The Morgan fingerprint density at radius 3 is 2.90 bits per heavy atom. The van der Waals surface area contributed by atoms with Gasteiger partial charge in [0.15, 0.2) is 0 Å². The third kappa shape index (κ3) is 2.45. The summed E-state index contributed by atoms with van der Waals surface area (Å²) < 4.78 is 1.70. The van der Waals surface area contributed by atoms with Crippen LogP contribution in [0.15, 0.2) is 29.2 Å². The number of benzene rings is 1. The molecule has 20 heavy (non-hydrogen) atoms. The molecule has 1 aliphatic rings. The number of carbonyl (C=O) groups is 1. The number of amides is 1. The molecule has 1 aromatic carbocycles. The minimum absolute atomic E-state index is 0.0480. The van der Waals surface area contributed by atoms with E-state index in [1.165, 1.54) is 16.0 Å². The van der Waals surface area contributed by atoms with E-state index in [-0.39, 0.29) is 11.2 Å². The van der Waals surface area contributed by atoms with Gasteiger partial charge in [-0.1, -0.05) is 17.7 Å². The summed E-state index contributed by atoms with van der Waals surface area (Å²) in [7, 11) is 1.84. The number of rotatable bonds is 2. The number of aryl methyl sites for hydroxylation is 3. The highest BCUT2D eigenvalue weighted by atomic mass is 32.2. The molecule has 1 amide bonds. The summed E-state index contributed by atoms with van der Waals surface area (Å²) in [5, 5.41) is 7.15. The van der Waals surface area contributed by atoms with E-state index in [0.29, 0.717) is 0 Å². The fourth-order valence-electron chi connectivity index (χ4n) is 2.42. The van der Waals surface area contributed by atoms with Gasteiger partial charge in [-0.25, -0.2) is 0 Å². The standard InChI is InChI=1S/C15H17N3OS/c1-9-4-5-11-8-13(20-12(11)6-9)15(19)16-14-7-10(2)17-18(14)3/h4-7,13H,8H2,1-3H3,(H,16,19)/t13-/m0/s1. The van der Waals surface area contributed by atoms with Gasteiger partial charge in [0.05, 0.1) is 10.9 Å². The number of nitrogens with zero attached hydrogens (tertiary/aromatic N) is 2. The molecule has 1 atom stereocenters. The Morgan fingerprint density at radius 2 is 2.20 bits per heavy atom. The average Bonchev–Trinajstić information content (AvgIpc) is 2.92. The molecule has 0 saturated carbocycles. The fraction of sp³-hybridized carbons (Fsp3) is 0.333. The molecule has 0 bridgehead atoms. The first-order chi connectivity index (χ1) is 9.52. The van der Waals surface area contributed by atoms with Gasteiger partial charge < -0.3 is 5.32 Å². The second kappa shape index (κ2) is 4.98. The van der Waals surface area contributed by atoms with Crippen molar-refractivity contribution in [1.82, 2.24) is 9.78 Å². The highest BCUT2D eigenvalue weighted by Gasteiger charge is 2.28. The van der Waals surface area contributed by atoms with Crippen molar-refractivity contribution in [1.29, 1.82) is 0 Å². The largest absolute Gasteiger partial charge is 0.310 e. The molecule has 2 heterocycles. The number of anilines is 1.